The highest BCUT2D eigenvalue weighted by molar-refractivity contribution is 7.92. The van der Waals surface area contributed by atoms with E-state index in [-0.39, 0.29) is 12.3 Å². The minimum atomic E-state index is -3.64. The van der Waals surface area contributed by atoms with Crippen molar-refractivity contribution >= 4 is 44.9 Å². The number of H-pyrrole nitrogens is 1. The standard InChI is InChI=1S/C17H19N7O4S/c25-11-18-10-12-1-3-13(4-2-12)23-29(27,28)8-7-19-17(26)20-14-5-6-15-16(9-14)22-24-21-15/h1-6,9,11,23H,7-8,10H2,(H,18,25)(H2,19,20,26)(H,21,22,24). The molecule has 5 N–H and O–H groups in total. The molecule has 1 aromatic heterocycles. The number of aromatic amines is 1. The third-order valence-electron chi connectivity index (χ3n) is 3.85. The molecule has 3 rings (SSSR count). The molecule has 0 aliphatic heterocycles. The van der Waals surface area contributed by atoms with Gasteiger partial charge in [-0.15, -0.1) is 0 Å². The Morgan fingerprint density at radius 2 is 1.76 bits per heavy atom. The predicted octanol–water partition coefficient (Wildman–Crippen LogP) is 0.767. The summed E-state index contributed by atoms with van der Waals surface area (Å²) in [5.41, 5.74) is 3.00. The number of nitrogens with zero attached hydrogens (tertiary/aromatic N) is 2. The van der Waals surface area contributed by atoms with Crippen LogP contribution in [0, 0.1) is 0 Å². The maximum Gasteiger partial charge on any atom is 0.319 e. The summed E-state index contributed by atoms with van der Waals surface area (Å²) in [4.78, 5) is 22.2. The van der Waals surface area contributed by atoms with Crippen LogP contribution >= 0.6 is 0 Å². The largest absolute Gasteiger partial charge is 0.355 e. The fraction of sp³-hybridized carbons (Fsp3) is 0.176. The molecular formula is C17H19N7O4S. The highest BCUT2D eigenvalue weighted by Gasteiger charge is 2.12. The van der Waals surface area contributed by atoms with E-state index in [0.717, 1.165) is 5.56 Å². The van der Waals surface area contributed by atoms with Gasteiger partial charge in [0, 0.05) is 24.5 Å². The average molecular weight is 417 g/mol. The molecular weight excluding hydrogens is 398 g/mol. The monoisotopic (exact) mass is 417 g/mol. The Labute approximate surface area is 166 Å². The number of carbonyl (C=O) groups excluding carboxylic acids is 2. The van der Waals surface area contributed by atoms with Crippen LogP contribution in [0.2, 0.25) is 0 Å². The summed E-state index contributed by atoms with van der Waals surface area (Å²) in [6, 6.07) is 11.1. The molecule has 0 fully saturated rings. The van der Waals surface area contributed by atoms with E-state index < -0.39 is 16.1 Å². The zero-order chi connectivity index (χ0) is 20.7. The predicted molar refractivity (Wildman–Crippen MR) is 108 cm³/mol. The van der Waals surface area contributed by atoms with Crippen molar-refractivity contribution in [2.75, 3.05) is 22.3 Å². The van der Waals surface area contributed by atoms with Gasteiger partial charge in [0.05, 0.1) is 5.75 Å². The number of hydrogen-bond donors (Lipinski definition) is 5. The van der Waals surface area contributed by atoms with Gasteiger partial charge in [-0.3, -0.25) is 9.52 Å². The van der Waals surface area contributed by atoms with Gasteiger partial charge in [0.25, 0.3) is 0 Å². The average Bonchev–Trinajstić information content (AvgIpc) is 3.15. The van der Waals surface area contributed by atoms with Gasteiger partial charge in [-0.2, -0.15) is 15.4 Å². The quantitative estimate of drug-likeness (QED) is 0.324. The summed E-state index contributed by atoms with van der Waals surface area (Å²) in [6.45, 7) is 0.286. The summed E-state index contributed by atoms with van der Waals surface area (Å²) in [5, 5.41) is 17.9. The molecule has 1 heterocycles. The summed E-state index contributed by atoms with van der Waals surface area (Å²) >= 11 is 0. The Balaban J connectivity index is 1.45. The van der Waals surface area contributed by atoms with Crippen LogP contribution in [0.5, 0.6) is 0 Å². The summed E-state index contributed by atoms with van der Waals surface area (Å²) in [6.07, 6.45) is 0.590. The number of amides is 3. The summed E-state index contributed by atoms with van der Waals surface area (Å²) in [5.74, 6) is -0.294. The van der Waals surface area contributed by atoms with Crippen LogP contribution in [0.3, 0.4) is 0 Å². The van der Waals surface area contributed by atoms with E-state index in [2.05, 4.69) is 36.1 Å². The molecule has 0 unspecified atom stereocenters. The number of sulfonamides is 1. The van der Waals surface area contributed by atoms with Gasteiger partial charge >= 0.3 is 6.03 Å². The minimum Gasteiger partial charge on any atom is -0.355 e. The van der Waals surface area contributed by atoms with Gasteiger partial charge in [-0.05, 0) is 35.9 Å². The molecule has 29 heavy (non-hydrogen) atoms. The van der Waals surface area contributed by atoms with Crippen LogP contribution < -0.4 is 20.7 Å². The first-order chi connectivity index (χ1) is 13.9. The molecule has 11 nitrogen and oxygen atoms in total. The molecule has 12 heteroatoms. The van der Waals surface area contributed by atoms with Gasteiger partial charge in [0.2, 0.25) is 16.4 Å². The maximum absolute atomic E-state index is 12.2. The Morgan fingerprint density at radius 3 is 2.52 bits per heavy atom. The smallest absolute Gasteiger partial charge is 0.319 e. The Morgan fingerprint density at radius 1 is 1.03 bits per heavy atom. The molecule has 0 radical (unpaired) electrons. The molecule has 3 amide bonds. The molecule has 0 saturated carbocycles. The van der Waals surface area contributed by atoms with Crippen LogP contribution in [0.1, 0.15) is 5.56 Å². The fourth-order valence-corrected chi connectivity index (χ4v) is 3.44. The number of nitrogens with one attached hydrogen (secondary N) is 5. The van der Waals surface area contributed by atoms with Gasteiger partial charge in [0.1, 0.15) is 11.0 Å². The number of anilines is 2. The molecule has 0 saturated heterocycles. The van der Waals surface area contributed by atoms with E-state index in [1.54, 1.807) is 42.5 Å². The van der Waals surface area contributed by atoms with Crippen LogP contribution in [0.15, 0.2) is 42.5 Å². The van der Waals surface area contributed by atoms with E-state index in [0.29, 0.717) is 35.4 Å². The Hall–Kier alpha value is -3.67. The number of carbonyl (C=O) groups is 2. The zero-order valence-electron chi connectivity index (χ0n) is 15.2. The highest BCUT2D eigenvalue weighted by atomic mass is 32.2. The van der Waals surface area contributed by atoms with Gasteiger partial charge < -0.3 is 16.0 Å². The lowest BCUT2D eigenvalue weighted by atomic mass is 10.2. The van der Waals surface area contributed by atoms with Crippen LogP contribution in [0.25, 0.3) is 11.0 Å². The summed E-state index contributed by atoms with van der Waals surface area (Å²) in [7, 11) is -3.64. The molecule has 0 atom stereocenters. The minimum absolute atomic E-state index is 0.0747. The fourth-order valence-electron chi connectivity index (χ4n) is 2.47. The first kappa shape index (κ1) is 20.1. The third-order valence-corrected chi connectivity index (χ3v) is 5.14. The van der Waals surface area contributed by atoms with Crippen molar-refractivity contribution in [1.82, 2.24) is 26.0 Å². The zero-order valence-corrected chi connectivity index (χ0v) is 16.0. The van der Waals surface area contributed by atoms with Gasteiger partial charge in [-0.25, -0.2) is 13.2 Å². The SMILES string of the molecule is O=CNCc1ccc(NS(=O)(=O)CCNC(=O)Nc2ccc3n[nH]nc3c2)cc1. The molecule has 3 aromatic rings. The van der Waals surface area contributed by atoms with E-state index in [4.69, 9.17) is 0 Å². The van der Waals surface area contributed by atoms with Crippen LogP contribution in [0.4, 0.5) is 16.2 Å². The van der Waals surface area contributed by atoms with Gasteiger partial charge in [0.15, 0.2) is 0 Å². The first-order valence-corrected chi connectivity index (χ1v) is 10.2. The number of benzene rings is 2. The van der Waals surface area contributed by atoms with E-state index in [1.165, 1.54) is 0 Å². The molecule has 0 bridgehead atoms. The van der Waals surface area contributed by atoms with Crippen LogP contribution in [-0.2, 0) is 21.4 Å². The number of urea groups is 1. The molecule has 0 aliphatic rings. The lowest BCUT2D eigenvalue weighted by molar-refractivity contribution is -0.109. The van der Waals surface area contributed by atoms with E-state index in [9.17, 15) is 18.0 Å². The second kappa shape index (κ2) is 9.01. The number of aromatic nitrogens is 3. The van der Waals surface area contributed by atoms with Crippen molar-refractivity contribution < 1.29 is 18.0 Å². The topological polar surface area (TPSA) is 158 Å². The molecule has 152 valence electrons. The number of rotatable bonds is 9. The van der Waals surface area contributed by atoms with Crippen molar-refractivity contribution in [1.29, 1.82) is 0 Å². The van der Waals surface area contributed by atoms with E-state index in [1.807, 2.05) is 0 Å². The number of fused-ring (bicyclic) bond motifs is 1. The second-order valence-corrected chi connectivity index (χ2v) is 7.87. The summed E-state index contributed by atoms with van der Waals surface area (Å²) < 4.78 is 26.7. The Bertz CT molecular complexity index is 1100. The van der Waals surface area contributed by atoms with Crippen molar-refractivity contribution in [3.8, 4) is 0 Å². The molecule has 0 aliphatic carbocycles. The third kappa shape index (κ3) is 5.90. The first-order valence-electron chi connectivity index (χ1n) is 8.57. The highest BCUT2D eigenvalue weighted by Crippen LogP contribution is 2.14. The van der Waals surface area contributed by atoms with Crippen molar-refractivity contribution in [3.05, 3.63) is 48.0 Å². The molecule has 2 aromatic carbocycles. The van der Waals surface area contributed by atoms with Crippen LogP contribution in [-0.4, -0.2) is 48.6 Å². The van der Waals surface area contributed by atoms with Crippen molar-refractivity contribution in [2.24, 2.45) is 0 Å². The maximum atomic E-state index is 12.2. The molecule has 0 spiro atoms. The normalized spacial score (nSPS) is 11.0. The van der Waals surface area contributed by atoms with Gasteiger partial charge in [-0.1, -0.05) is 12.1 Å². The lowest BCUT2D eigenvalue weighted by Crippen LogP contribution is -2.34. The van der Waals surface area contributed by atoms with E-state index >= 15 is 0 Å². The Kier molecular flexibility index (Phi) is 6.24. The van der Waals surface area contributed by atoms with Crippen molar-refractivity contribution in [2.45, 2.75) is 6.54 Å². The van der Waals surface area contributed by atoms with Crippen molar-refractivity contribution in [3.63, 3.8) is 0 Å². The lowest BCUT2D eigenvalue weighted by Gasteiger charge is -2.10. The number of hydrogen-bond acceptors (Lipinski definition) is 6. The second-order valence-electron chi connectivity index (χ2n) is 6.02.